The van der Waals surface area contributed by atoms with E-state index in [1.54, 1.807) is 6.07 Å². The number of hydrogen-bond donors (Lipinski definition) is 2. The molecule has 8 heteroatoms. The van der Waals surface area contributed by atoms with E-state index in [0.717, 1.165) is 28.7 Å². The SMILES string of the molecule is Cc1ccc(C(=O)N2CC=C(c3ccc(C[C@H](NC(=O)c4c(Cl)cccc4Cl)C(=O)O)cc3)CC2)cc1. The predicted molar refractivity (Wildman–Crippen MR) is 145 cm³/mol. The van der Waals surface area contributed by atoms with Gasteiger partial charge in [-0.25, -0.2) is 4.79 Å². The second-order valence-electron chi connectivity index (χ2n) is 8.96. The average Bonchev–Trinajstić information content (AvgIpc) is 2.89. The number of aryl methyl sites for hydroxylation is 1. The molecule has 37 heavy (non-hydrogen) atoms. The molecule has 2 N–H and O–H groups in total. The molecule has 0 radical (unpaired) electrons. The number of carbonyl (C=O) groups is 3. The lowest BCUT2D eigenvalue weighted by atomic mass is 9.96. The Morgan fingerprint density at radius 2 is 1.62 bits per heavy atom. The fourth-order valence-electron chi connectivity index (χ4n) is 4.23. The lowest BCUT2D eigenvalue weighted by Gasteiger charge is -2.27. The Balaban J connectivity index is 1.39. The van der Waals surface area contributed by atoms with Gasteiger partial charge in [-0.15, -0.1) is 0 Å². The minimum Gasteiger partial charge on any atom is -0.480 e. The Morgan fingerprint density at radius 1 is 0.973 bits per heavy atom. The molecule has 0 saturated heterocycles. The summed E-state index contributed by atoms with van der Waals surface area (Å²) >= 11 is 12.2. The highest BCUT2D eigenvalue weighted by molar-refractivity contribution is 6.39. The van der Waals surface area contributed by atoms with Crippen molar-refractivity contribution < 1.29 is 19.5 Å². The van der Waals surface area contributed by atoms with Gasteiger partial charge in [0.25, 0.3) is 11.8 Å². The number of carboxylic acids is 1. The standard InChI is InChI=1S/C29H26Cl2N2O4/c1-18-5-9-22(10-6-18)28(35)33-15-13-21(14-16-33)20-11-7-19(8-12-20)17-25(29(36)37)32-27(34)26-23(30)3-2-4-24(26)31/h2-13,25H,14-17H2,1H3,(H,32,34)(H,36,37)/t25-/m0/s1. The molecular weight excluding hydrogens is 511 g/mol. The van der Waals surface area contributed by atoms with Gasteiger partial charge >= 0.3 is 5.97 Å². The van der Waals surface area contributed by atoms with Crippen LogP contribution in [0.3, 0.4) is 0 Å². The quantitative estimate of drug-likeness (QED) is 0.408. The van der Waals surface area contributed by atoms with Crippen LogP contribution < -0.4 is 5.32 Å². The van der Waals surface area contributed by atoms with Crippen molar-refractivity contribution in [1.82, 2.24) is 10.2 Å². The number of carboxylic acid groups (broad SMARTS) is 1. The van der Waals surface area contributed by atoms with E-state index in [1.807, 2.05) is 60.4 Å². The molecule has 3 aromatic carbocycles. The lowest BCUT2D eigenvalue weighted by molar-refractivity contribution is -0.139. The number of benzene rings is 3. The highest BCUT2D eigenvalue weighted by Gasteiger charge is 2.24. The first-order chi connectivity index (χ1) is 17.7. The van der Waals surface area contributed by atoms with Crippen molar-refractivity contribution in [3.63, 3.8) is 0 Å². The van der Waals surface area contributed by atoms with E-state index in [-0.39, 0.29) is 27.9 Å². The number of carbonyl (C=O) groups excluding carboxylic acids is 2. The molecule has 0 spiro atoms. The summed E-state index contributed by atoms with van der Waals surface area (Å²) in [6.45, 7) is 3.14. The van der Waals surface area contributed by atoms with Gasteiger partial charge in [0.2, 0.25) is 0 Å². The third-order valence-electron chi connectivity index (χ3n) is 6.35. The van der Waals surface area contributed by atoms with Crippen molar-refractivity contribution in [3.05, 3.63) is 111 Å². The van der Waals surface area contributed by atoms with Gasteiger partial charge in [-0.1, -0.05) is 77.3 Å². The normalized spacial score (nSPS) is 14.0. The van der Waals surface area contributed by atoms with E-state index in [2.05, 4.69) is 11.4 Å². The van der Waals surface area contributed by atoms with Crippen molar-refractivity contribution in [2.45, 2.75) is 25.8 Å². The molecule has 1 heterocycles. The first-order valence-electron chi connectivity index (χ1n) is 11.8. The van der Waals surface area contributed by atoms with Crippen LogP contribution in [0.2, 0.25) is 10.0 Å². The zero-order valence-corrected chi connectivity index (χ0v) is 21.7. The fourth-order valence-corrected chi connectivity index (χ4v) is 4.80. The Labute approximate surface area is 225 Å². The fraction of sp³-hybridized carbons (Fsp3) is 0.207. The van der Waals surface area contributed by atoms with E-state index in [0.29, 0.717) is 18.7 Å². The largest absolute Gasteiger partial charge is 0.480 e. The molecule has 2 amide bonds. The number of amides is 2. The van der Waals surface area contributed by atoms with Crippen molar-refractivity contribution in [1.29, 1.82) is 0 Å². The van der Waals surface area contributed by atoms with Gasteiger partial charge < -0.3 is 15.3 Å². The number of aliphatic carboxylic acids is 1. The first kappa shape index (κ1) is 26.5. The van der Waals surface area contributed by atoms with Gasteiger partial charge in [0.1, 0.15) is 6.04 Å². The molecule has 0 aromatic heterocycles. The summed E-state index contributed by atoms with van der Waals surface area (Å²) < 4.78 is 0. The Bertz CT molecular complexity index is 1330. The average molecular weight is 537 g/mol. The summed E-state index contributed by atoms with van der Waals surface area (Å²) in [4.78, 5) is 39.1. The molecule has 1 atom stereocenters. The summed E-state index contributed by atoms with van der Waals surface area (Å²) in [5.41, 5.74) is 4.76. The minimum absolute atomic E-state index is 0.0190. The number of hydrogen-bond acceptors (Lipinski definition) is 3. The van der Waals surface area contributed by atoms with Crippen LogP contribution in [0.4, 0.5) is 0 Å². The van der Waals surface area contributed by atoms with Crippen molar-refractivity contribution >= 4 is 46.6 Å². The molecule has 0 fully saturated rings. The minimum atomic E-state index is -1.16. The van der Waals surface area contributed by atoms with E-state index in [4.69, 9.17) is 23.2 Å². The van der Waals surface area contributed by atoms with Crippen LogP contribution in [0.15, 0.2) is 72.8 Å². The highest BCUT2D eigenvalue weighted by atomic mass is 35.5. The third kappa shape index (κ3) is 6.40. The molecule has 0 saturated carbocycles. The van der Waals surface area contributed by atoms with Gasteiger partial charge in [-0.3, -0.25) is 9.59 Å². The molecule has 3 aromatic rings. The zero-order valence-electron chi connectivity index (χ0n) is 20.2. The topological polar surface area (TPSA) is 86.7 Å². The molecule has 190 valence electrons. The summed E-state index contributed by atoms with van der Waals surface area (Å²) in [5, 5.41) is 12.5. The second kappa shape index (κ2) is 11.6. The summed E-state index contributed by atoms with van der Waals surface area (Å²) in [7, 11) is 0. The van der Waals surface area contributed by atoms with Crippen LogP contribution in [-0.2, 0) is 11.2 Å². The maximum atomic E-state index is 12.8. The van der Waals surface area contributed by atoms with E-state index in [1.165, 1.54) is 12.1 Å². The number of nitrogens with zero attached hydrogens (tertiary/aromatic N) is 1. The van der Waals surface area contributed by atoms with E-state index >= 15 is 0 Å². The zero-order chi connectivity index (χ0) is 26.5. The Kier molecular flexibility index (Phi) is 8.31. The molecule has 4 rings (SSSR count). The van der Waals surface area contributed by atoms with Crippen LogP contribution in [0.25, 0.3) is 5.57 Å². The molecular formula is C29H26Cl2N2O4. The van der Waals surface area contributed by atoms with Crippen LogP contribution in [0.5, 0.6) is 0 Å². The molecule has 0 unspecified atom stereocenters. The van der Waals surface area contributed by atoms with Crippen molar-refractivity contribution in [2.75, 3.05) is 13.1 Å². The van der Waals surface area contributed by atoms with Gasteiger partial charge in [-0.05, 0) is 54.3 Å². The van der Waals surface area contributed by atoms with Crippen molar-refractivity contribution in [2.24, 2.45) is 0 Å². The smallest absolute Gasteiger partial charge is 0.326 e. The lowest BCUT2D eigenvalue weighted by Crippen LogP contribution is -2.42. The maximum Gasteiger partial charge on any atom is 0.326 e. The number of nitrogens with one attached hydrogen (secondary N) is 1. The van der Waals surface area contributed by atoms with Gasteiger partial charge in [0.15, 0.2) is 0 Å². The molecule has 0 bridgehead atoms. The van der Waals surface area contributed by atoms with Crippen LogP contribution in [-0.4, -0.2) is 46.9 Å². The molecule has 6 nitrogen and oxygen atoms in total. The van der Waals surface area contributed by atoms with E-state index in [9.17, 15) is 19.5 Å². The molecule has 1 aliphatic rings. The van der Waals surface area contributed by atoms with Crippen LogP contribution in [0, 0.1) is 6.92 Å². The summed E-state index contributed by atoms with van der Waals surface area (Å²) in [6.07, 6.45) is 2.88. The van der Waals surface area contributed by atoms with Gasteiger partial charge in [0, 0.05) is 25.1 Å². The first-order valence-corrected chi connectivity index (χ1v) is 12.6. The molecule has 1 aliphatic heterocycles. The van der Waals surface area contributed by atoms with E-state index < -0.39 is 17.9 Å². The van der Waals surface area contributed by atoms with Crippen molar-refractivity contribution in [3.8, 4) is 0 Å². The third-order valence-corrected chi connectivity index (χ3v) is 6.98. The van der Waals surface area contributed by atoms with Crippen LogP contribution >= 0.6 is 23.2 Å². The maximum absolute atomic E-state index is 12.8. The summed E-state index contributed by atoms with van der Waals surface area (Å²) in [5.74, 6) is -1.78. The summed E-state index contributed by atoms with van der Waals surface area (Å²) in [6, 6.07) is 18.7. The van der Waals surface area contributed by atoms with Gasteiger partial charge in [0.05, 0.1) is 15.6 Å². The Hall–Kier alpha value is -3.61. The number of halogens is 2. The highest BCUT2D eigenvalue weighted by Crippen LogP contribution is 2.26. The Morgan fingerprint density at radius 3 is 2.19 bits per heavy atom. The van der Waals surface area contributed by atoms with Gasteiger partial charge in [-0.2, -0.15) is 0 Å². The monoisotopic (exact) mass is 536 g/mol. The molecule has 0 aliphatic carbocycles. The second-order valence-corrected chi connectivity index (χ2v) is 9.77. The van der Waals surface area contributed by atoms with Crippen LogP contribution in [0.1, 0.15) is 43.8 Å². The predicted octanol–water partition coefficient (Wildman–Crippen LogP) is 5.66. The number of rotatable bonds is 7.